The van der Waals surface area contributed by atoms with Gasteiger partial charge in [0, 0.05) is 18.6 Å². The van der Waals surface area contributed by atoms with Crippen molar-refractivity contribution in [1.29, 1.82) is 0 Å². The maximum atomic E-state index is 12.4. The molecule has 102 valence electrons. The van der Waals surface area contributed by atoms with Crippen LogP contribution < -0.4 is 5.32 Å². The molecule has 0 aromatic carbocycles. The molecule has 0 amide bonds. The molecule has 1 fully saturated rings. The van der Waals surface area contributed by atoms with Crippen LogP contribution in [0.5, 0.6) is 0 Å². The van der Waals surface area contributed by atoms with E-state index in [1.54, 1.807) is 7.11 Å². The number of methoxy groups -OCH3 is 1. The van der Waals surface area contributed by atoms with Crippen molar-refractivity contribution in [2.45, 2.75) is 38.6 Å². The molecule has 0 radical (unpaired) electrons. The largest absolute Gasteiger partial charge is 0.445 e. The average Bonchev–Trinajstić information content (AvgIpc) is 2.71. The molecule has 2 unspecified atom stereocenters. The van der Waals surface area contributed by atoms with Gasteiger partial charge in [0.05, 0.1) is 6.10 Å². The normalized spacial score (nSPS) is 26.8. The van der Waals surface area contributed by atoms with Crippen LogP contribution in [0.15, 0.2) is 0 Å². The number of alkyl halides is 3. The third kappa shape index (κ3) is 2.31. The minimum atomic E-state index is -4.43. The molecule has 1 heterocycles. The molecule has 1 aliphatic carbocycles. The number of aromatic nitrogens is 2. The molecule has 0 spiro atoms. The number of halogens is 3. The van der Waals surface area contributed by atoms with Crippen molar-refractivity contribution >= 4 is 16.5 Å². The highest BCUT2D eigenvalue weighted by molar-refractivity contribution is 7.15. The second-order valence-electron chi connectivity index (χ2n) is 4.89. The number of nitrogens with one attached hydrogen (secondary N) is 1. The fourth-order valence-electron chi connectivity index (χ4n) is 2.08. The molecule has 1 aromatic heterocycles. The molecule has 0 aliphatic heterocycles. The van der Waals surface area contributed by atoms with Crippen LogP contribution in [-0.4, -0.2) is 29.5 Å². The van der Waals surface area contributed by atoms with Gasteiger partial charge >= 0.3 is 6.18 Å². The summed E-state index contributed by atoms with van der Waals surface area (Å²) in [6.07, 6.45) is -3.56. The van der Waals surface area contributed by atoms with E-state index in [2.05, 4.69) is 15.5 Å². The van der Waals surface area contributed by atoms with Crippen molar-refractivity contribution in [3.05, 3.63) is 5.01 Å². The second-order valence-corrected chi connectivity index (χ2v) is 5.87. The van der Waals surface area contributed by atoms with E-state index in [-0.39, 0.29) is 22.7 Å². The van der Waals surface area contributed by atoms with Gasteiger partial charge in [0.25, 0.3) is 0 Å². The fourth-order valence-corrected chi connectivity index (χ4v) is 2.74. The Morgan fingerprint density at radius 3 is 2.50 bits per heavy atom. The van der Waals surface area contributed by atoms with Crippen LogP contribution in [-0.2, 0) is 10.9 Å². The summed E-state index contributed by atoms with van der Waals surface area (Å²) in [5, 5.41) is 8.92. The number of hydrogen-bond acceptors (Lipinski definition) is 5. The Morgan fingerprint density at radius 1 is 1.39 bits per heavy atom. The second kappa shape index (κ2) is 4.34. The zero-order valence-corrected chi connectivity index (χ0v) is 11.0. The Labute approximate surface area is 107 Å². The summed E-state index contributed by atoms with van der Waals surface area (Å²) in [4.78, 5) is 0. The van der Waals surface area contributed by atoms with Crippen molar-refractivity contribution in [2.24, 2.45) is 5.41 Å². The van der Waals surface area contributed by atoms with E-state index >= 15 is 0 Å². The number of anilines is 1. The molecule has 18 heavy (non-hydrogen) atoms. The van der Waals surface area contributed by atoms with Crippen LogP contribution in [0.25, 0.3) is 0 Å². The van der Waals surface area contributed by atoms with Gasteiger partial charge in [0.1, 0.15) is 0 Å². The van der Waals surface area contributed by atoms with Crippen LogP contribution in [0.3, 0.4) is 0 Å². The minimum absolute atomic E-state index is 0.0523. The third-order valence-electron chi connectivity index (χ3n) is 3.43. The van der Waals surface area contributed by atoms with Crippen molar-refractivity contribution < 1.29 is 17.9 Å². The summed E-state index contributed by atoms with van der Waals surface area (Å²) in [5.74, 6) is 0. The number of nitrogens with zero attached hydrogens (tertiary/aromatic N) is 2. The summed E-state index contributed by atoms with van der Waals surface area (Å²) in [7, 11) is 1.63. The first-order valence-electron chi connectivity index (χ1n) is 5.45. The predicted octanol–water partition coefficient (Wildman–Crippen LogP) is 2.78. The van der Waals surface area contributed by atoms with Crippen molar-refractivity contribution in [1.82, 2.24) is 10.2 Å². The molecule has 2 rings (SSSR count). The molecule has 1 N–H and O–H groups in total. The lowest BCUT2D eigenvalue weighted by molar-refractivity contribution is -0.138. The molecule has 1 aliphatic rings. The Bertz CT molecular complexity index is 432. The smallest absolute Gasteiger partial charge is 0.381 e. The van der Waals surface area contributed by atoms with Gasteiger partial charge in [0.2, 0.25) is 10.1 Å². The summed E-state index contributed by atoms with van der Waals surface area (Å²) < 4.78 is 42.4. The van der Waals surface area contributed by atoms with E-state index in [0.717, 1.165) is 6.42 Å². The first kappa shape index (κ1) is 13.5. The SMILES string of the molecule is COC1CC(Nc2nnc(C(F)(F)F)s2)C1(C)C. The monoisotopic (exact) mass is 281 g/mol. The van der Waals surface area contributed by atoms with Crippen molar-refractivity contribution in [2.75, 3.05) is 12.4 Å². The van der Waals surface area contributed by atoms with E-state index in [1.165, 1.54) is 0 Å². The van der Waals surface area contributed by atoms with E-state index in [4.69, 9.17) is 4.74 Å². The highest BCUT2D eigenvalue weighted by Crippen LogP contribution is 2.44. The molecule has 8 heteroatoms. The van der Waals surface area contributed by atoms with Gasteiger partial charge in [-0.25, -0.2) is 0 Å². The van der Waals surface area contributed by atoms with Gasteiger partial charge in [-0.3, -0.25) is 0 Å². The maximum absolute atomic E-state index is 12.4. The molecule has 2 atom stereocenters. The summed E-state index contributed by atoms with van der Waals surface area (Å²) in [5.41, 5.74) is -0.126. The van der Waals surface area contributed by atoms with Crippen LogP contribution in [0, 0.1) is 5.41 Å². The first-order chi connectivity index (χ1) is 8.25. The highest BCUT2D eigenvalue weighted by atomic mass is 32.1. The predicted molar refractivity (Wildman–Crippen MR) is 61.5 cm³/mol. The van der Waals surface area contributed by atoms with Crippen molar-refractivity contribution in [3.8, 4) is 0 Å². The highest BCUT2D eigenvalue weighted by Gasteiger charge is 2.49. The quantitative estimate of drug-likeness (QED) is 0.925. The first-order valence-corrected chi connectivity index (χ1v) is 6.27. The van der Waals surface area contributed by atoms with Gasteiger partial charge in [0.15, 0.2) is 0 Å². The summed E-state index contributed by atoms with van der Waals surface area (Å²) >= 11 is 0.528. The lowest BCUT2D eigenvalue weighted by Crippen LogP contribution is -2.57. The van der Waals surface area contributed by atoms with Gasteiger partial charge in [-0.1, -0.05) is 25.2 Å². The number of rotatable bonds is 3. The molecule has 0 bridgehead atoms. The standard InChI is InChI=1S/C10H14F3N3OS/c1-9(2)5(4-6(9)17-3)14-8-16-15-7(18-8)10(11,12)13/h5-6H,4H2,1-3H3,(H,14,16). The molecular weight excluding hydrogens is 267 g/mol. The zero-order chi connectivity index (χ0) is 13.6. The Hall–Kier alpha value is -0.890. The topological polar surface area (TPSA) is 47.0 Å². The molecular formula is C10H14F3N3OS. The van der Waals surface area contributed by atoms with Crippen LogP contribution >= 0.6 is 11.3 Å². The lowest BCUT2D eigenvalue weighted by Gasteiger charge is -2.51. The van der Waals surface area contributed by atoms with Crippen LogP contribution in [0.2, 0.25) is 0 Å². The lowest BCUT2D eigenvalue weighted by atomic mass is 9.64. The Kier molecular flexibility index (Phi) is 3.26. The van der Waals surface area contributed by atoms with Crippen LogP contribution in [0.1, 0.15) is 25.3 Å². The average molecular weight is 281 g/mol. The van der Waals surface area contributed by atoms with Gasteiger partial charge in [-0.2, -0.15) is 13.2 Å². The Morgan fingerprint density at radius 2 is 2.06 bits per heavy atom. The van der Waals surface area contributed by atoms with Gasteiger partial charge < -0.3 is 10.1 Å². The molecule has 1 saturated carbocycles. The Balaban J connectivity index is 2.02. The summed E-state index contributed by atoms with van der Waals surface area (Å²) in [6.45, 7) is 4.02. The number of ether oxygens (including phenoxy) is 1. The van der Waals surface area contributed by atoms with E-state index in [9.17, 15) is 13.2 Å². The van der Waals surface area contributed by atoms with Gasteiger partial charge in [-0.15, -0.1) is 10.2 Å². The van der Waals surface area contributed by atoms with Crippen molar-refractivity contribution in [3.63, 3.8) is 0 Å². The molecule has 0 saturated heterocycles. The minimum Gasteiger partial charge on any atom is -0.381 e. The molecule has 1 aromatic rings. The summed E-state index contributed by atoms with van der Waals surface area (Å²) in [6, 6.07) is 0.0523. The maximum Gasteiger partial charge on any atom is 0.445 e. The van der Waals surface area contributed by atoms with E-state index in [1.807, 2.05) is 13.8 Å². The number of hydrogen-bond donors (Lipinski definition) is 1. The zero-order valence-electron chi connectivity index (χ0n) is 10.2. The third-order valence-corrected chi connectivity index (χ3v) is 4.33. The molecule has 4 nitrogen and oxygen atoms in total. The van der Waals surface area contributed by atoms with Crippen LogP contribution in [0.4, 0.5) is 18.3 Å². The fraction of sp³-hybridized carbons (Fsp3) is 0.800. The van der Waals surface area contributed by atoms with E-state index in [0.29, 0.717) is 11.3 Å². The van der Waals surface area contributed by atoms with Gasteiger partial charge in [-0.05, 0) is 6.42 Å². The van der Waals surface area contributed by atoms with E-state index < -0.39 is 11.2 Å².